The summed E-state index contributed by atoms with van der Waals surface area (Å²) >= 11 is 0. The normalized spacial score (nSPS) is 8.82. The Balaban J connectivity index is -0.0000000593. The molecular formula is C33H68. The van der Waals surface area contributed by atoms with Gasteiger partial charge in [0.05, 0.1) is 0 Å². The Kier molecular flexibility index (Phi) is 77.4. The molecule has 0 aliphatic carbocycles. The van der Waals surface area contributed by atoms with Crippen molar-refractivity contribution in [3.05, 3.63) is 66.3 Å². The third kappa shape index (κ3) is 65.1. The summed E-state index contributed by atoms with van der Waals surface area (Å²) in [6, 6.07) is 10.4. The maximum atomic E-state index is 3.96. The van der Waals surface area contributed by atoms with Gasteiger partial charge in [-0.1, -0.05) is 163 Å². The van der Waals surface area contributed by atoms with E-state index in [0.717, 1.165) is 0 Å². The Morgan fingerprint density at radius 3 is 1.18 bits per heavy atom. The van der Waals surface area contributed by atoms with Crippen molar-refractivity contribution in [3.8, 4) is 0 Å². The van der Waals surface area contributed by atoms with E-state index >= 15 is 0 Å². The smallest absolute Gasteiger partial charge is 0.00512 e. The van der Waals surface area contributed by atoms with Crippen LogP contribution in [0.3, 0.4) is 0 Å². The van der Waals surface area contributed by atoms with E-state index in [-0.39, 0.29) is 0 Å². The Labute approximate surface area is 214 Å². The second-order valence-corrected chi connectivity index (χ2v) is 6.76. The molecule has 1 aromatic rings. The molecule has 0 nitrogen and oxygen atoms in total. The van der Waals surface area contributed by atoms with Gasteiger partial charge in [0.1, 0.15) is 0 Å². The first-order chi connectivity index (χ1) is 15.7. The molecule has 1 atom stereocenters. The Bertz CT molecular complexity index is 442. The van der Waals surface area contributed by atoms with Crippen molar-refractivity contribution in [1.82, 2.24) is 0 Å². The Morgan fingerprint density at radius 1 is 0.697 bits per heavy atom. The van der Waals surface area contributed by atoms with Crippen LogP contribution in [0.4, 0.5) is 0 Å². The summed E-state index contributed by atoms with van der Waals surface area (Å²) in [5.74, 6) is 0.454. The molecule has 0 heterocycles. The van der Waals surface area contributed by atoms with Gasteiger partial charge in [-0.15, -0.1) is 6.58 Å². The molecule has 0 saturated carbocycles. The van der Waals surface area contributed by atoms with Crippen LogP contribution in [0.1, 0.15) is 143 Å². The quantitative estimate of drug-likeness (QED) is 0.388. The lowest BCUT2D eigenvalue weighted by Gasteiger charge is -2.08. The van der Waals surface area contributed by atoms with Gasteiger partial charge in [0.2, 0.25) is 0 Å². The molecule has 33 heavy (non-hydrogen) atoms. The summed E-state index contributed by atoms with van der Waals surface area (Å²) in [7, 11) is 0. The lowest BCUT2D eigenvalue weighted by Crippen LogP contribution is -1.91. The van der Waals surface area contributed by atoms with Gasteiger partial charge >= 0.3 is 0 Å². The Morgan fingerprint density at radius 2 is 0.970 bits per heavy atom. The lowest BCUT2D eigenvalue weighted by molar-refractivity contribution is 0.869. The molecule has 0 N–H and O–H groups in total. The molecule has 0 amide bonds. The van der Waals surface area contributed by atoms with E-state index in [2.05, 4.69) is 92.0 Å². The minimum absolute atomic E-state index is 0.454. The monoisotopic (exact) mass is 465 g/mol. The fourth-order valence-corrected chi connectivity index (χ4v) is 1.31. The third-order valence-corrected chi connectivity index (χ3v) is 3.01. The highest BCUT2D eigenvalue weighted by atomic mass is 14.1. The first kappa shape index (κ1) is 48.8. The zero-order valence-electron chi connectivity index (χ0n) is 26.6. The number of hydrogen-bond donors (Lipinski definition) is 0. The maximum Gasteiger partial charge on any atom is -0.00512 e. The highest BCUT2D eigenvalue weighted by Gasteiger charge is 2.00. The van der Waals surface area contributed by atoms with Crippen molar-refractivity contribution in [2.24, 2.45) is 5.92 Å². The van der Waals surface area contributed by atoms with Gasteiger partial charge in [0, 0.05) is 0 Å². The zero-order valence-corrected chi connectivity index (χ0v) is 26.6. The molecule has 0 aromatic heterocycles. The van der Waals surface area contributed by atoms with Gasteiger partial charge in [0.25, 0.3) is 0 Å². The molecule has 0 saturated heterocycles. The van der Waals surface area contributed by atoms with Gasteiger partial charge < -0.3 is 0 Å². The molecule has 0 fully saturated rings. The van der Waals surface area contributed by atoms with Crippen molar-refractivity contribution >= 4 is 5.57 Å². The van der Waals surface area contributed by atoms with Crippen molar-refractivity contribution in [2.75, 3.05) is 0 Å². The van der Waals surface area contributed by atoms with Gasteiger partial charge in [0.15, 0.2) is 0 Å². The summed E-state index contributed by atoms with van der Waals surface area (Å²) in [6.45, 7) is 42.5. The van der Waals surface area contributed by atoms with Crippen LogP contribution in [-0.4, -0.2) is 0 Å². The van der Waals surface area contributed by atoms with Crippen molar-refractivity contribution in [1.29, 1.82) is 0 Å². The molecule has 1 aromatic carbocycles. The number of allylic oxidation sites excluding steroid dienone is 4. The summed E-state index contributed by atoms with van der Waals surface area (Å²) in [5.41, 5.74) is 4.99. The third-order valence-electron chi connectivity index (χ3n) is 3.01. The minimum atomic E-state index is 0.454. The zero-order chi connectivity index (χ0) is 28.3. The second-order valence-electron chi connectivity index (χ2n) is 6.76. The molecule has 0 bridgehead atoms. The van der Waals surface area contributed by atoms with Crippen LogP contribution in [-0.2, 0) is 0 Å². The van der Waals surface area contributed by atoms with E-state index < -0.39 is 0 Å². The molecule has 1 unspecified atom stereocenters. The van der Waals surface area contributed by atoms with E-state index in [1.54, 1.807) is 0 Å². The Hall–Kier alpha value is -1.56. The molecule has 200 valence electrons. The molecule has 0 aliphatic rings. The van der Waals surface area contributed by atoms with Crippen molar-refractivity contribution < 1.29 is 0 Å². The highest BCUT2D eigenvalue weighted by molar-refractivity contribution is 5.64. The summed E-state index contributed by atoms with van der Waals surface area (Å²) in [6.07, 6.45) is 6.15. The topological polar surface area (TPSA) is 0 Å². The van der Waals surface area contributed by atoms with Gasteiger partial charge in [-0.05, 0) is 44.7 Å². The summed E-state index contributed by atoms with van der Waals surface area (Å²) in [4.78, 5) is 0. The predicted molar refractivity (Wildman–Crippen MR) is 166 cm³/mol. The maximum absolute atomic E-state index is 3.96. The van der Waals surface area contributed by atoms with Crippen LogP contribution in [0, 0.1) is 5.92 Å². The first-order valence-corrected chi connectivity index (χ1v) is 13.7. The average Bonchev–Trinajstić information content (AvgIpc) is 2.85. The average molecular weight is 465 g/mol. The largest absolute Gasteiger partial charge is 0.100 e. The van der Waals surface area contributed by atoms with E-state index in [4.69, 9.17) is 0 Å². The molecule has 0 radical (unpaired) electrons. The van der Waals surface area contributed by atoms with E-state index in [0.29, 0.717) is 5.92 Å². The van der Waals surface area contributed by atoms with Crippen LogP contribution in [0.2, 0.25) is 0 Å². The highest BCUT2D eigenvalue weighted by Crippen LogP contribution is 2.18. The molecule has 0 heteroatoms. The van der Waals surface area contributed by atoms with Crippen LogP contribution in [0.5, 0.6) is 0 Å². The van der Waals surface area contributed by atoms with Crippen LogP contribution < -0.4 is 0 Å². The fraction of sp³-hybridized carbons (Fsp3) is 0.636. The van der Waals surface area contributed by atoms with Crippen LogP contribution in [0.15, 0.2) is 60.7 Å². The minimum Gasteiger partial charge on any atom is -0.100 e. The van der Waals surface area contributed by atoms with Crippen LogP contribution >= 0.6 is 0 Å². The fourth-order valence-electron chi connectivity index (χ4n) is 1.31. The number of rotatable bonds is 4. The number of unbranched alkanes of at least 4 members (excludes halogenated alkanes) is 1. The predicted octanol–water partition coefficient (Wildman–Crippen LogP) is 13.2. The SMILES string of the molecule is C=C(C)C.C=C(C)C(C)/C=C(\C)c1ccccc1.CC.CC.CC.CC.CCC.CCCC. The standard InChI is InChI=1S/C14H18.C4H8.C4H10.C3H8.4C2H6/c1-11(2)12(3)10-13(4)14-8-6-5-7-9-14;1-4(2)3;1-3-4-2;1-3-2;4*1-2/h5-10,12H,1H2,2-4H3;1H2,2-3H3;3-4H2,1-2H3;3H2,1-2H3;4*1-2H3/b13-10+;;;;;;;. The van der Waals surface area contributed by atoms with Gasteiger partial charge in [-0.2, -0.15) is 0 Å². The number of hydrogen-bond acceptors (Lipinski definition) is 0. The van der Waals surface area contributed by atoms with Crippen molar-refractivity contribution in [3.63, 3.8) is 0 Å². The first-order valence-electron chi connectivity index (χ1n) is 13.7. The molecule has 0 aliphatic heterocycles. The lowest BCUT2D eigenvalue weighted by atomic mass is 9.98. The van der Waals surface area contributed by atoms with Gasteiger partial charge in [-0.3, -0.25) is 0 Å². The van der Waals surface area contributed by atoms with Crippen molar-refractivity contribution in [2.45, 2.75) is 137 Å². The van der Waals surface area contributed by atoms with Gasteiger partial charge in [-0.25, -0.2) is 0 Å². The summed E-state index contributed by atoms with van der Waals surface area (Å²) in [5, 5.41) is 0. The number of benzene rings is 1. The van der Waals surface area contributed by atoms with E-state index in [9.17, 15) is 0 Å². The van der Waals surface area contributed by atoms with E-state index in [1.165, 1.54) is 41.5 Å². The summed E-state index contributed by atoms with van der Waals surface area (Å²) < 4.78 is 0. The van der Waals surface area contributed by atoms with Crippen LogP contribution in [0.25, 0.3) is 5.57 Å². The molecule has 0 spiro atoms. The second kappa shape index (κ2) is 52.4. The van der Waals surface area contributed by atoms with E-state index in [1.807, 2.05) is 75.3 Å². The molecular weight excluding hydrogens is 396 g/mol. The molecule has 1 rings (SSSR count).